The first kappa shape index (κ1) is 12.4. The highest BCUT2D eigenvalue weighted by Gasteiger charge is 2.22. The number of ketones is 1. The predicted octanol–water partition coefficient (Wildman–Crippen LogP) is 3.59. The zero-order valence-corrected chi connectivity index (χ0v) is 9.18. The minimum atomic E-state index is 0.211. The van der Waals surface area contributed by atoms with Crippen molar-refractivity contribution in [3.05, 3.63) is 12.7 Å². The van der Waals surface area contributed by atoms with Gasteiger partial charge in [-0.05, 0) is 18.4 Å². The van der Waals surface area contributed by atoms with Gasteiger partial charge in [0.1, 0.15) is 0 Å². The molecule has 76 valence electrons. The Morgan fingerprint density at radius 2 is 1.92 bits per heavy atom. The minimum Gasteiger partial charge on any atom is -0.295 e. The molecule has 0 aromatic heterocycles. The summed E-state index contributed by atoms with van der Waals surface area (Å²) in [6.07, 6.45) is 5.86. The summed E-state index contributed by atoms with van der Waals surface area (Å²) in [5.41, 5.74) is 0. The minimum absolute atomic E-state index is 0.211. The fraction of sp³-hybridized carbons (Fsp3) is 0.750. The number of carbonyl (C=O) groups is 1. The number of carbonyl (C=O) groups excluding carboxylic acids is 1. The third kappa shape index (κ3) is 3.75. The average Bonchev–Trinajstić information content (AvgIpc) is 2.17. The van der Waals surface area contributed by atoms with Crippen molar-refractivity contribution in [1.29, 1.82) is 0 Å². The molecular weight excluding hydrogens is 160 g/mol. The highest BCUT2D eigenvalue weighted by Crippen LogP contribution is 2.25. The Hall–Kier alpha value is -0.590. The van der Waals surface area contributed by atoms with E-state index in [0.29, 0.717) is 5.92 Å². The Balaban J connectivity index is 4.32. The van der Waals surface area contributed by atoms with Gasteiger partial charge < -0.3 is 0 Å². The van der Waals surface area contributed by atoms with Crippen LogP contribution in [0.4, 0.5) is 0 Å². The first-order valence-corrected chi connectivity index (χ1v) is 5.37. The molecule has 0 aromatic carbocycles. The maximum absolute atomic E-state index is 11.5. The Morgan fingerprint density at radius 1 is 1.31 bits per heavy atom. The summed E-state index contributed by atoms with van der Waals surface area (Å²) in [5, 5.41) is 0. The van der Waals surface area contributed by atoms with Gasteiger partial charge in [0.15, 0.2) is 5.78 Å². The lowest BCUT2D eigenvalue weighted by Gasteiger charge is -2.22. The Kier molecular flexibility index (Phi) is 6.56. The van der Waals surface area contributed by atoms with Crippen molar-refractivity contribution in [2.75, 3.05) is 0 Å². The highest BCUT2D eigenvalue weighted by molar-refractivity contribution is 5.91. The Labute approximate surface area is 82.2 Å². The molecule has 0 aromatic rings. The van der Waals surface area contributed by atoms with Crippen molar-refractivity contribution in [3.63, 3.8) is 0 Å². The van der Waals surface area contributed by atoms with Crippen LogP contribution in [0.5, 0.6) is 0 Å². The average molecular weight is 182 g/mol. The van der Waals surface area contributed by atoms with Crippen LogP contribution in [0, 0.1) is 11.8 Å². The summed E-state index contributed by atoms with van der Waals surface area (Å²) in [5.74, 6) is 0.991. The van der Waals surface area contributed by atoms with Gasteiger partial charge in [-0.15, -0.1) is 0 Å². The molecule has 0 bridgehead atoms. The SMILES string of the molecule is C=CC(=O)C(CC)C(CC)CCC. The molecule has 0 aliphatic heterocycles. The van der Waals surface area contributed by atoms with Crippen LogP contribution in [0.1, 0.15) is 46.5 Å². The molecule has 2 unspecified atom stereocenters. The van der Waals surface area contributed by atoms with Gasteiger partial charge in [-0.3, -0.25) is 4.79 Å². The molecule has 0 N–H and O–H groups in total. The lowest BCUT2D eigenvalue weighted by molar-refractivity contribution is -0.120. The van der Waals surface area contributed by atoms with Crippen LogP contribution in [-0.2, 0) is 4.79 Å². The summed E-state index contributed by atoms with van der Waals surface area (Å²) in [7, 11) is 0. The molecule has 0 radical (unpaired) electrons. The molecule has 0 spiro atoms. The fourth-order valence-corrected chi connectivity index (χ4v) is 1.98. The Morgan fingerprint density at radius 3 is 2.23 bits per heavy atom. The topological polar surface area (TPSA) is 17.1 Å². The van der Waals surface area contributed by atoms with Gasteiger partial charge in [0.25, 0.3) is 0 Å². The van der Waals surface area contributed by atoms with Gasteiger partial charge >= 0.3 is 0 Å². The number of rotatable bonds is 7. The second kappa shape index (κ2) is 6.88. The van der Waals surface area contributed by atoms with Crippen LogP contribution in [-0.4, -0.2) is 5.78 Å². The second-order valence-electron chi connectivity index (χ2n) is 3.58. The lowest BCUT2D eigenvalue weighted by Crippen LogP contribution is -2.21. The quantitative estimate of drug-likeness (QED) is 0.550. The molecule has 0 saturated heterocycles. The third-order valence-corrected chi connectivity index (χ3v) is 2.76. The molecule has 0 heterocycles. The summed E-state index contributed by atoms with van der Waals surface area (Å²) < 4.78 is 0. The van der Waals surface area contributed by atoms with Crippen molar-refractivity contribution in [1.82, 2.24) is 0 Å². The molecule has 0 saturated carbocycles. The normalized spacial score (nSPS) is 15.0. The zero-order chi connectivity index (χ0) is 10.3. The summed E-state index contributed by atoms with van der Waals surface area (Å²) >= 11 is 0. The van der Waals surface area contributed by atoms with Crippen LogP contribution < -0.4 is 0 Å². The van der Waals surface area contributed by atoms with Crippen LogP contribution >= 0.6 is 0 Å². The van der Waals surface area contributed by atoms with Crippen LogP contribution in [0.3, 0.4) is 0 Å². The van der Waals surface area contributed by atoms with Crippen molar-refractivity contribution >= 4 is 5.78 Å². The molecule has 0 fully saturated rings. The highest BCUT2D eigenvalue weighted by atomic mass is 16.1. The molecule has 0 aliphatic carbocycles. The van der Waals surface area contributed by atoms with E-state index in [2.05, 4.69) is 27.4 Å². The van der Waals surface area contributed by atoms with Crippen molar-refractivity contribution in [2.24, 2.45) is 11.8 Å². The zero-order valence-electron chi connectivity index (χ0n) is 9.18. The monoisotopic (exact) mass is 182 g/mol. The molecular formula is C12H22O. The number of hydrogen-bond acceptors (Lipinski definition) is 1. The van der Waals surface area contributed by atoms with Gasteiger partial charge in [-0.1, -0.05) is 46.6 Å². The third-order valence-electron chi connectivity index (χ3n) is 2.76. The fourth-order valence-electron chi connectivity index (χ4n) is 1.98. The standard InChI is InChI=1S/C12H22O/c1-5-9-10(6-2)11(7-3)12(13)8-4/h8,10-11H,4-7,9H2,1-3H3. The maximum Gasteiger partial charge on any atom is 0.158 e. The van der Waals surface area contributed by atoms with E-state index in [9.17, 15) is 4.79 Å². The van der Waals surface area contributed by atoms with E-state index < -0.39 is 0 Å². The van der Waals surface area contributed by atoms with E-state index in [1.54, 1.807) is 0 Å². The van der Waals surface area contributed by atoms with Crippen molar-refractivity contribution in [3.8, 4) is 0 Å². The van der Waals surface area contributed by atoms with Gasteiger partial charge in [-0.2, -0.15) is 0 Å². The molecule has 0 rings (SSSR count). The molecule has 13 heavy (non-hydrogen) atoms. The lowest BCUT2D eigenvalue weighted by atomic mass is 9.82. The molecule has 2 atom stereocenters. The van der Waals surface area contributed by atoms with E-state index in [4.69, 9.17) is 0 Å². The van der Waals surface area contributed by atoms with E-state index in [-0.39, 0.29) is 11.7 Å². The van der Waals surface area contributed by atoms with E-state index in [0.717, 1.165) is 19.3 Å². The number of hydrogen-bond donors (Lipinski definition) is 0. The molecule has 1 nitrogen and oxygen atoms in total. The van der Waals surface area contributed by atoms with Gasteiger partial charge in [0.05, 0.1) is 0 Å². The summed E-state index contributed by atoms with van der Waals surface area (Å²) in [4.78, 5) is 11.5. The van der Waals surface area contributed by atoms with Crippen LogP contribution in [0.15, 0.2) is 12.7 Å². The molecule has 0 aliphatic rings. The van der Waals surface area contributed by atoms with Crippen LogP contribution in [0.2, 0.25) is 0 Å². The van der Waals surface area contributed by atoms with Crippen LogP contribution in [0.25, 0.3) is 0 Å². The summed E-state index contributed by atoms with van der Waals surface area (Å²) in [6, 6.07) is 0. The second-order valence-corrected chi connectivity index (χ2v) is 3.58. The first-order valence-electron chi connectivity index (χ1n) is 5.37. The number of allylic oxidation sites excluding steroid dienone is 1. The largest absolute Gasteiger partial charge is 0.295 e. The van der Waals surface area contributed by atoms with E-state index >= 15 is 0 Å². The van der Waals surface area contributed by atoms with E-state index in [1.807, 2.05) is 0 Å². The van der Waals surface area contributed by atoms with Gasteiger partial charge in [-0.25, -0.2) is 0 Å². The summed E-state index contributed by atoms with van der Waals surface area (Å²) in [6.45, 7) is 9.98. The van der Waals surface area contributed by atoms with Gasteiger partial charge in [0, 0.05) is 5.92 Å². The predicted molar refractivity (Wildman–Crippen MR) is 57.7 cm³/mol. The molecule has 1 heteroatoms. The van der Waals surface area contributed by atoms with Crippen molar-refractivity contribution < 1.29 is 4.79 Å². The smallest absolute Gasteiger partial charge is 0.158 e. The maximum atomic E-state index is 11.5. The molecule has 0 amide bonds. The Bertz CT molecular complexity index is 161. The van der Waals surface area contributed by atoms with E-state index in [1.165, 1.54) is 12.5 Å². The van der Waals surface area contributed by atoms with Gasteiger partial charge in [0.2, 0.25) is 0 Å². The first-order chi connectivity index (χ1) is 6.21. The van der Waals surface area contributed by atoms with Crippen molar-refractivity contribution in [2.45, 2.75) is 46.5 Å².